The van der Waals surface area contributed by atoms with E-state index in [1.54, 1.807) is 0 Å². The second-order valence-electron chi connectivity index (χ2n) is 13.3. The fourth-order valence-corrected chi connectivity index (χ4v) is 7.80. The van der Waals surface area contributed by atoms with Gasteiger partial charge in [0.25, 0.3) is 0 Å². The van der Waals surface area contributed by atoms with Crippen molar-refractivity contribution < 1.29 is 0 Å². The number of allylic oxidation sites excluding steroid dienone is 3. The molecule has 2 heteroatoms. The van der Waals surface area contributed by atoms with E-state index in [0.717, 1.165) is 12.2 Å². The van der Waals surface area contributed by atoms with Crippen molar-refractivity contribution in [2.75, 3.05) is 11.4 Å². The molecule has 1 aliphatic rings. The lowest BCUT2D eigenvalue weighted by Gasteiger charge is -2.28. The highest BCUT2D eigenvalue weighted by atomic mass is 15.1. The Bertz CT molecular complexity index is 2520. The average Bonchev–Trinajstić information content (AvgIpc) is 3.57. The molecule has 0 saturated heterocycles. The van der Waals surface area contributed by atoms with Crippen molar-refractivity contribution in [3.05, 3.63) is 200 Å². The van der Waals surface area contributed by atoms with Gasteiger partial charge in [-0.2, -0.15) is 0 Å². The molecule has 8 aromatic rings. The zero-order valence-corrected chi connectivity index (χ0v) is 28.7. The molecule has 9 rings (SSSR count). The predicted octanol–water partition coefficient (Wildman–Crippen LogP) is 13.2. The van der Waals surface area contributed by atoms with Crippen LogP contribution >= 0.6 is 0 Å². The Labute approximate surface area is 299 Å². The number of nitrogens with zero attached hydrogens (tertiary/aromatic N) is 2. The second kappa shape index (κ2) is 13.2. The number of rotatable bonds is 5. The Hall–Kier alpha value is -6.38. The topological polar surface area (TPSA) is 8.17 Å². The molecule has 2 heterocycles. The summed E-state index contributed by atoms with van der Waals surface area (Å²) in [7, 11) is 0. The molecule has 244 valence electrons. The molecule has 0 fully saturated rings. The van der Waals surface area contributed by atoms with Gasteiger partial charge in [-0.25, -0.2) is 0 Å². The predicted molar refractivity (Wildman–Crippen MR) is 217 cm³/mol. The number of benzene rings is 7. The summed E-state index contributed by atoms with van der Waals surface area (Å²) in [4.78, 5) is 2.45. The number of hydrogen-bond acceptors (Lipinski definition) is 1. The van der Waals surface area contributed by atoms with E-state index < -0.39 is 0 Å². The number of fused-ring (bicyclic) bond motifs is 4. The van der Waals surface area contributed by atoms with Crippen LogP contribution in [0.2, 0.25) is 0 Å². The average molecular weight is 655 g/mol. The summed E-state index contributed by atoms with van der Waals surface area (Å²) in [5.74, 6) is 0.306. The van der Waals surface area contributed by atoms with Crippen LogP contribution in [-0.4, -0.2) is 11.1 Å². The van der Waals surface area contributed by atoms with Crippen LogP contribution in [0.5, 0.6) is 0 Å². The Kier molecular flexibility index (Phi) is 7.91. The van der Waals surface area contributed by atoms with Crippen molar-refractivity contribution in [2.45, 2.75) is 12.8 Å². The van der Waals surface area contributed by atoms with Gasteiger partial charge in [-0.1, -0.05) is 159 Å². The molecule has 0 amide bonds. The minimum atomic E-state index is 0.306. The third-order valence-electron chi connectivity index (χ3n) is 10.3. The molecule has 1 aliphatic heterocycles. The highest BCUT2D eigenvalue weighted by Crippen LogP contribution is 2.43. The first-order chi connectivity index (χ1) is 25.2. The molecule has 1 atom stereocenters. The third kappa shape index (κ3) is 5.56. The lowest BCUT2D eigenvalue weighted by molar-refractivity contribution is 0.951. The molecular formula is C49H38N2. The van der Waals surface area contributed by atoms with E-state index in [1.807, 2.05) is 0 Å². The van der Waals surface area contributed by atoms with Gasteiger partial charge in [0.15, 0.2) is 0 Å². The van der Waals surface area contributed by atoms with E-state index in [0.29, 0.717) is 5.92 Å². The maximum atomic E-state index is 2.45. The standard InChI is InChI=1S/C49H38N2/c1-35-17-5-4-16-32-50(47-25-13-10-22-40(35)47)38-28-30-41(45(33-38)36-18-6-2-7-19-36)42-31-29-39(34-46(42)37-20-8-3-9-21-37)51-48-26-14-11-23-43(48)44-24-12-15-27-49(44)51/h2-31,33-35H,32H2,1H3/b16-4-,17-5-. The fourth-order valence-electron chi connectivity index (χ4n) is 7.80. The molecule has 0 saturated carbocycles. The van der Waals surface area contributed by atoms with Crippen LogP contribution in [0.15, 0.2) is 194 Å². The van der Waals surface area contributed by atoms with Crippen LogP contribution in [0.25, 0.3) is 60.9 Å². The quantitative estimate of drug-likeness (QED) is 0.179. The zero-order chi connectivity index (χ0) is 34.1. The molecule has 0 bridgehead atoms. The van der Waals surface area contributed by atoms with Gasteiger partial charge in [-0.05, 0) is 81.4 Å². The first-order valence-corrected chi connectivity index (χ1v) is 17.8. The highest BCUT2D eigenvalue weighted by molar-refractivity contribution is 6.09. The molecule has 0 N–H and O–H groups in total. The Balaban J connectivity index is 1.26. The van der Waals surface area contributed by atoms with Crippen molar-refractivity contribution in [1.29, 1.82) is 0 Å². The van der Waals surface area contributed by atoms with Gasteiger partial charge in [0.1, 0.15) is 0 Å². The van der Waals surface area contributed by atoms with Crippen LogP contribution in [0.4, 0.5) is 11.4 Å². The first-order valence-electron chi connectivity index (χ1n) is 17.8. The van der Waals surface area contributed by atoms with Crippen LogP contribution < -0.4 is 4.90 Å². The van der Waals surface area contributed by atoms with Crippen molar-refractivity contribution in [2.24, 2.45) is 0 Å². The van der Waals surface area contributed by atoms with Crippen molar-refractivity contribution in [1.82, 2.24) is 4.57 Å². The SMILES string of the molecule is CC1/C=C\C=C/CN(c2ccc(-c3ccc(-n4c5ccccc5c5ccccc54)cc3-c3ccccc3)c(-c3ccccc3)c2)c2ccccc21. The lowest BCUT2D eigenvalue weighted by atomic mass is 9.88. The summed E-state index contributed by atoms with van der Waals surface area (Å²) in [6, 6.07) is 62.0. The highest BCUT2D eigenvalue weighted by Gasteiger charge is 2.20. The van der Waals surface area contributed by atoms with Crippen molar-refractivity contribution in [3.63, 3.8) is 0 Å². The van der Waals surface area contributed by atoms with E-state index in [9.17, 15) is 0 Å². The van der Waals surface area contributed by atoms with Crippen LogP contribution in [0.3, 0.4) is 0 Å². The molecule has 51 heavy (non-hydrogen) atoms. The Morgan fingerprint density at radius 3 is 1.65 bits per heavy atom. The minimum absolute atomic E-state index is 0.306. The molecule has 1 unspecified atom stereocenters. The largest absolute Gasteiger partial charge is 0.337 e. The van der Waals surface area contributed by atoms with Crippen molar-refractivity contribution >= 4 is 33.2 Å². The third-order valence-corrected chi connectivity index (χ3v) is 10.3. The van der Waals surface area contributed by atoms with Gasteiger partial charge in [0, 0.05) is 40.3 Å². The molecule has 7 aromatic carbocycles. The van der Waals surface area contributed by atoms with E-state index in [1.165, 1.54) is 72.1 Å². The molecule has 2 nitrogen and oxygen atoms in total. The van der Waals surface area contributed by atoms with Crippen LogP contribution in [-0.2, 0) is 0 Å². The minimum Gasteiger partial charge on any atom is -0.337 e. The van der Waals surface area contributed by atoms with Crippen LogP contribution in [0, 0.1) is 0 Å². The summed E-state index contributed by atoms with van der Waals surface area (Å²) in [6.45, 7) is 3.06. The normalized spacial score (nSPS) is 15.5. The van der Waals surface area contributed by atoms with E-state index in [2.05, 4.69) is 211 Å². The molecule has 0 radical (unpaired) electrons. The summed E-state index contributed by atoms with van der Waals surface area (Å²) < 4.78 is 2.41. The Morgan fingerprint density at radius 1 is 0.471 bits per heavy atom. The van der Waals surface area contributed by atoms with Gasteiger partial charge in [-0.15, -0.1) is 0 Å². The second-order valence-corrected chi connectivity index (χ2v) is 13.3. The molecule has 0 spiro atoms. The molecule has 1 aromatic heterocycles. The number of hydrogen-bond donors (Lipinski definition) is 0. The van der Waals surface area contributed by atoms with Crippen LogP contribution in [0.1, 0.15) is 18.4 Å². The number of para-hydroxylation sites is 3. The van der Waals surface area contributed by atoms with E-state index in [-0.39, 0.29) is 0 Å². The van der Waals surface area contributed by atoms with Crippen molar-refractivity contribution in [3.8, 4) is 39.1 Å². The zero-order valence-electron chi connectivity index (χ0n) is 28.7. The Morgan fingerprint density at radius 2 is 1.00 bits per heavy atom. The van der Waals surface area contributed by atoms with Gasteiger partial charge in [0.2, 0.25) is 0 Å². The van der Waals surface area contributed by atoms with Gasteiger partial charge in [0.05, 0.1) is 11.0 Å². The summed E-state index contributed by atoms with van der Waals surface area (Å²) in [5.41, 5.74) is 14.5. The van der Waals surface area contributed by atoms with Gasteiger partial charge < -0.3 is 9.47 Å². The summed E-state index contributed by atoms with van der Waals surface area (Å²) in [5, 5.41) is 2.53. The lowest BCUT2D eigenvalue weighted by Crippen LogP contribution is -2.19. The number of aromatic nitrogens is 1. The maximum Gasteiger partial charge on any atom is 0.0541 e. The van der Waals surface area contributed by atoms with Gasteiger partial charge in [-0.3, -0.25) is 0 Å². The smallest absolute Gasteiger partial charge is 0.0541 e. The van der Waals surface area contributed by atoms with Gasteiger partial charge >= 0.3 is 0 Å². The summed E-state index contributed by atoms with van der Waals surface area (Å²) in [6.07, 6.45) is 8.89. The summed E-state index contributed by atoms with van der Waals surface area (Å²) >= 11 is 0. The van der Waals surface area contributed by atoms with E-state index in [4.69, 9.17) is 0 Å². The first kappa shape index (κ1) is 30.7. The van der Waals surface area contributed by atoms with E-state index >= 15 is 0 Å². The molecule has 0 aliphatic carbocycles. The monoisotopic (exact) mass is 654 g/mol. The molecular weight excluding hydrogens is 617 g/mol. The maximum absolute atomic E-state index is 2.45. The number of anilines is 2. The fraction of sp³-hybridized carbons (Fsp3) is 0.0612.